The Bertz CT molecular complexity index is 714. The molecule has 1 saturated heterocycles. The molecule has 6 nitrogen and oxygen atoms in total. The molecule has 0 atom stereocenters. The summed E-state index contributed by atoms with van der Waals surface area (Å²) in [5.74, 6) is 1.98. The van der Waals surface area contributed by atoms with Gasteiger partial charge in [0.15, 0.2) is 5.96 Å². The molecule has 0 amide bonds. The van der Waals surface area contributed by atoms with Crippen LogP contribution < -0.4 is 10.2 Å². The van der Waals surface area contributed by atoms with Gasteiger partial charge in [0.05, 0.1) is 6.54 Å². The molecule has 6 heteroatoms. The summed E-state index contributed by atoms with van der Waals surface area (Å²) in [7, 11) is 5.95. The maximum atomic E-state index is 4.52. The Morgan fingerprint density at radius 1 is 1.32 bits per heavy atom. The minimum absolute atomic E-state index is 0.744. The number of nitrogens with one attached hydrogen (secondary N) is 1. The maximum Gasteiger partial charge on any atom is 0.194 e. The van der Waals surface area contributed by atoms with Gasteiger partial charge in [-0.1, -0.05) is 0 Å². The van der Waals surface area contributed by atoms with Gasteiger partial charge in [0.2, 0.25) is 0 Å². The van der Waals surface area contributed by atoms with Gasteiger partial charge in [0, 0.05) is 58.9 Å². The molecule has 3 heterocycles. The highest BCUT2D eigenvalue weighted by atomic mass is 15.3. The van der Waals surface area contributed by atoms with Crippen molar-refractivity contribution in [2.75, 3.05) is 32.1 Å². The standard InChI is InChI=1S/C19H28N6/c1-20-19(24(3)15-17-7-6-10-23(17)2)22-14-16-8-9-21-18(13-16)25-11-4-5-12-25/h6-10,13H,4-5,11-12,14-15H2,1-3H3,(H,20,22). The van der Waals surface area contributed by atoms with Gasteiger partial charge in [0.1, 0.15) is 5.82 Å². The van der Waals surface area contributed by atoms with Gasteiger partial charge in [-0.3, -0.25) is 4.99 Å². The van der Waals surface area contributed by atoms with Crippen LogP contribution in [0.5, 0.6) is 0 Å². The van der Waals surface area contributed by atoms with E-state index in [0.29, 0.717) is 0 Å². The number of anilines is 1. The lowest BCUT2D eigenvalue weighted by Crippen LogP contribution is -2.38. The quantitative estimate of drug-likeness (QED) is 0.670. The monoisotopic (exact) mass is 340 g/mol. The third-order valence-electron chi connectivity index (χ3n) is 4.71. The summed E-state index contributed by atoms with van der Waals surface area (Å²) < 4.78 is 2.13. The van der Waals surface area contributed by atoms with Gasteiger partial charge >= 0.3 is 0 Å². The predicted octanol–water partition coefficient (Wildman–Crippen LogP) is 2.23. The van der Waals surface area contributed by atoms with Gasteiger partial charge in [-0.05, 0) is 42.7 Å². The second-order valence-electron chi connectivity index (χ2n) is 6.58. The van der Waals surface area contributed by atoms with Crippen molar-refractivity contribution in [2.24, 2.45) is 12.0 Å². The Balaban J connectivity index is 1.59. The molecule has 2 aromatic rings. The second-order valence-corrected chi connectivity index (χ2v) is 6.58. The van der Waals surface area contributed by atoms with Crippen LogP contribution in [-0.2, 0) is 20.1 Å². The van der Waals surface area contributed by atoms with Crippen LogP contribution in [0, 0.1) is 0 Å². The highest BCUT2D eigenvalue weighted by Gasteiger charge is 2.14. The fraction of sp³-hybridized carbons (Fsp3) is 0.474. The Kier molecular flexibility index (Phi) is 5.58. The molecule has 1 fully saturated rings. The zero-order valence-corrected chi connectivity index (χ0v) is 15.4. The molecule has 0 aromatic carbocycles. The molecule has 0 spiro atoms. The molecule has 1 N–H and O–H groups in total. The van der Waals surface area contributed by atoms with Crippen LogP contribution in [-0.4, -0.2) is 47.6 Å². The minimum atomic E-state index is 0.744. The smallest absolute Gasteiger partial charge is 0.194 e. The van der Waals surface area contributed by atoms with Crippen LogP contribution >= 0.6 is 0 Å². The number of hydrogen-bond acceptors (Lipinski definition) is 3. The Hall–Kier alpha value is -2.50. The Morgan fingerprint density at radius 3 is 2.80 bits per heavy atom. The average Bonchev–Trinajstić information content (AvgIpc) is 3.28. The number of aromatic nitrogens is 2. The number of aryl methyl sites for hydroxylation is 1. The molecular formula is C19H28N6. The van der Waals surface area contributed by atoms with Crippen molar-refractivity contribution in [1.82, 2.24) is 19.8 Å². The number of nitrogens with zero attached hydrogens (tertiary/aromatic N) is 5. The highest BCUT2D eigenvalue weighted by molar-refractivity contribution is 5.79. The first-order valence-electron chi connectivity index (χ1n) is 8.89. The van der Waals surface area contributed by atoms with E-state index >= 15 is 0 Å². The minimum Gasteiger partial charge on any atom is -0.357 e. The number of pyridine rings is 1. The molecule has 134 valence electrons. The average molecular weight is 340 g/mol. The SMILES string of the molecule is CN=C(NCc1ccnc(N2CCCC2)c1)N(C)Cc1cccn1C. The summed E-state index contributed by atoms with van der Waals surface area (Å²) in [5.41, 5.74) is 2.48. The van der Waals surface area contributed by atoms with E-state index in [1.54, 1.807) is 0 Å². The van der Waals surface area contributed by atoms with Gasteiger partial charge < -0.3 is 19.7 Å². The van der Waals surface area contributed by atoms with Crippen LogP contribution in [0.2, 0.25) is 0 Å². The molecule has 0 bridgehead atoms. The van der Waals surface area contributed by atoms with Crippen LogP contribution in [0.15, 0.2) is 41.7 Å². The molecular weight excluding hydrogens is 312 g/mol. The van der Waals surface area contributed by atoms with Crippen molar-refractivity contribution in [1.29, 1.82) is 0 Å². The number of rotatable bonds is 5. The first-order valence-corrected chi connectivity index (χ1v) is 8.89. The van der Waals surface area contributed by atoms with Crippen molar-refractivity contribution in [3.63, 3.8) is 0 Å². The Morgan fingerprint density at radius 2 is 2.12 bits per heavy atom. The van der Waals surface area contributed by atoms with E-state index in [1.165, 1.54) is 24.1 Å². The van der Waals surface area contributed by atoms with Crippen molar-refractivity contribution in [2.45, 2.75) is 25.9 Å². The van der Waals surface area contributed by atoms with E-state index in [-0.39, 0.29) is 0 Å². The fourth-order valence-corrected chi connectivity index (χ4v) is 3.23. The normalized spacial score (nSPS) is 14.8. The van der Waals surface area contributed by atoms with Gasteiger partial charge in [0.25, 0.3) is 0 Å². The van der Waals surface area contributed by atoms with Crippen molar-refractivity contribution in [3.05, 3.63) is 47.9 Å². The number of guanidine groups is 1. The lowest BCUT2D eigenvalue weighted by Gasteiger charge is -2.23. The zero-order valence-electron chi connectivity index (χ0n) is 15.4. The highest BCUT2D eigenvalue weighted by Crippen LogP contribution is 2.18. The van der Waals surface area contributed by atoms with Crippen molar-refractivity contribution >= 4 is 11.8 Å². The van der Waals surface area contributed by atoms with E-state index in [2.05, 4.69) is 74.2 Å². The van der Waals surface area contributed by atoms with Crippen LogP contribution in [0.1, 0.15) is 24.1 Å². The van der Waals surface area contributed by atoms with Crippen molar-refractivity contribution < 1.29 is 0 Å². The largest absolute Gasteiger partial charge is 0.357 e. The first-order chi connectivity index (χ1) is 12.2. The summed E-state index contributed by atoms with van der Waals surface area (Å²) in [4.78, 5) is 13.4. The van der Waals surface area contributed by atoms with E-state index in [1.807, 2.05) is 13.2 Å². The second kappa shape index (κ2) is 8.05. The molecule has 0 saturated carbocycles. The summed E-state index contributed by atoms with van der Waals surface area (Å²) in [6.07, 6.45) is 6.50. The molecule has 0 aliphatic carbocycles. The molecule has 3 rings (SSSR count). The van der Waals surface area contributed by atoms with E-state index in [9.17, 15) is 0 Å². The summed E-state index contributed by atoms with van der Waals surface area (Å²) in [5, 5.41) is 3.46. The third-order valence-corrected chi connectivity index (χ3v) is 4.71. The molecule has 1 aliphatic heterocycles. The lowest BCUT2D eigenvalue weighted by atomic mass is 10.2. The fourth-order valence-electron chi connectivity index (χ4n) is 3.23. The maximum absolute atomic E-state index is 4.52. The van der Waals surface area contributed by atoms with Crippen LogP contribution in [0.3, 0.4) is 0 Å². The predicted molar refractivity (Wildman–Crippen MR) is 103 cm³/mol. The summed E-state index contributed by atoms with van der Waals surface area (Å²) >= 11 is 0. The van der Waals surface area contributed by atoms with Gasteiger partial charge in [-0.2, -0.15) is 0 Å². The van der Waals surface area contributed by atoms with Gasteiger partial charge in [-0.25, -0.2) is 4.98 Å². The molecule has 25 heavy (non-hydrogen) atoms. The van der Waals surface area contributed by atoms with Crippen molar-refractivity contribution in [3.8, 4) is 0 Å². The zero-order chi connectivity index (χ0) is 17.6. The lowest BCUT2D eigenvalue weighted by molar-refractivity contribution is 0.461. The molecule has 1 aliphatic rings. The van der Waals surface area contributed by atoms with E-state index in [4.69, 9.17) is 0 Å². The number of hydrogen-bond donors (Lipinski definition) is 1. The molecule has 0 unspecified atom stereocenters. The van der Waals surface area contributed by atoms with Crippen LogP contribution in [0.25, 0.3) is 0 Å². The number of aliphatic imine (C=N–C) groups is 1. The summed E-state index contributed by atoms with van der Waals surface area (Å²) in [6, 6.07) is 8.45. The molecule has 0 radical (unpaired) electrons. The molecule has 2 aromatic heterocycles. The van der Waals surface area contributed by atoms with Gasteiger partial charge in [-0.15, -0.1) is 0 Å². The first kappa shape index (κ1) is 17.3. The van der Waals surface area contributed by atoms with Crippen LogP contribution in [0.4, 0.5) is 5.82 Å². The topological polar surface area (TPSA) is 48.7 Å². The van der Waals surface area contributed by atoms with E-state index in [0.717, 1.165) is 38.0 Å². The Labute approximate surface area is 150 Å². The summed E-state index contributed by atoms with van der Waals surface area (Å²) in [6.45, 7) is 3.79. The third kappa shape index (κ3) is 4.32. The van der Waals surface area contributed by atoms with E-state index < -0.39 is 0 Å².